The van der Waals surface area contributed by atoms with Crippen LogP contribution in [-0.2, 0) is 9.53 Å². The Morgan fingerprint density at radius 2 is 1.90 bits per heavy atom. The molecule has 2 aliphatic rings. The summed E-state index contributed by atoms with van der Waals surface area (Å²) in [6.07, 6.45) is 5.42. The molecule has 20 heavy (non-hydrogen) atoms. The first-order valence-corrected chi connectivity index (χ1v) is 8.10. The lowest BCUT2D eigenvalue weighted by Crippen LogP contribution is -2.65. The van der Waals surface area contributed by atoms with Gasteiger partial charge in [0.2, 0.25) is 5.91 Å². The third-order valence-corrected chi connectivity index (χ3v) is 5.85. The molecule has 0 bridgehead atoms. The van der Waals surface area contributed by atoms with Crippen LogP contribution in [0.1, 0.15) is 46.0 Å². The van der Waals surface area contributed by atoms with E-state index in [9.17, 15) is 4.79 Å². The molecule has 2 fully saturated rings. The van der Waals surface area contributed by atoms with Crippen molar-refractivity contribution in [1.29, 1.82) is 0 Å². The van der Waals surface area contributed by atoms with Crippen LogP contribution in [-0.4, -0.2) is 50.2 Å². The summed E-state index contributed by atoms with van der Waals surface area (Å²) >= 11 is 0. The van der Waals surface area contributed by atoms with Crippen molar-refractivity contribution in [2.75, 3.05) is 27.2 Å². The summed E-state index contributed by atoms with van der Waals surface area (Å²) < 4.78 is 5.64. The Morgan fingerprint density at radius 1 is 1.30 bits per heavy atom. The molecule has 2 unspecified atom stereocenters. The summed E-state index contributed by atoms with van der Waals surface area (Å²) in [7, 11) is 3.80. The topological polar surface area (TPSA) is 41.6 Å². The van der Waals surface area contributed by atoms with E-state index >= 15 is 0 Å². The number of amides is 1. The predicted octanol–water partition coefficient (Wildman–Crippen LogP) is 2.04. The van der Waals surface area contributed by atoms with Crippen LogP contribution in [0.4, 0.5) is 0 Å². The standard InChI is InChI=1S/C16H30N2O2/c1-5-16(6-2)13(11-14(16)20-4)18(3)15(19)12-7-9-17-10-8-12/h12-14,17H,5-11H2,1-4H3. The van der Waals surface area contributed by atoms with Gasteiger partial charge >= 0.3 is 0 Å². The lowest BCUT2D eigenvalue weighted by atomic mass is 9.58. The largest absolute Gasteiger partial charge is 0.381 e. The highest BCUT2D eigenvalue weighted by Gasteiger charge is 2.55. The van der Waals surface area contributed by atoms with Crippen molar-refractivity contribution >= 4 is 5.91 Å². The third kappa shape index (κ3) is 2.48. The van der Waals surface area contributed by atoms with Gasteiger partial charge in [-0.05, 0) is 45.2 Å². The second kappa shape index (κ2) is 6.44. The second-order valence-corrected chi connectivity index (χ2v) is 6.39. The number of nitrogens with zero attached hydrogens (tertiary/aromatic N) is 1. The molecule has 0 aromatic rings. The molecule has 0 radical (unpaired) electrons. The molecule has 1 heterocycles. The van der Waals surface area contributed by atoms with Crippen molar-refractivity contribution in [3.63, 3.8) is 0 Å². The fraction of sp³-hybridized carbons (Fsp3) is 0.938. The van der Waals surface area contributed by atoms with Crippen LogP contribution in [0.25, 0.3) is 0 Å². The number of hydrogen-bond acceptors (Lipinski definition) is 3. The molecule has 4 heteroatoms. The Kier molecular flexibility index (Phi) is 5.08. The average molecular weight is 282 g/mol. The Bertz CT molecular complexity index is 335. The van der Waals surface area contributed by atoms with E-state index in [4.69, 9.17) is 4.74 Å². The molecule has 1 amide bonds. The van der Waals surface area contributed by atoms with E-state index < -0.39 is 0 Å². The number of nitrogens with one attached hydrogen (secondary N) is 1. The van der Waals surface area contributed by atoms with Crippen molar-refractivity contribution in [2.45, 2.75) is 58.1 Å². The van der Waals surface area contributed by atoms with Gasteiger partial charge in [-0.15, -0.1) is 0 Å². The lowest BCUT2D eigenvalue weighted by molar-refractivity contribution is -0.173. The van der Waals surface area contributed by atoms with Gasteiger partial charge < -0.3 is 15.0 Å². The van der Waals surface area contributed by atoms with Crippen LogP contribution >= 0.6 is 0 Å². The van der Waals surface area contributed by atoms with E-state index in [2.05, 4.69) is 19.2 Å². The van der Waals surface area contributed by atoms with E-state index in [1.807, 2.05) is 11.9 Å². The maximum Gasteiger partial charge on any atom is 0.225 e. The molecule has 4 nitrogen and oxygen atoms in total. The van der Waals surface area contributed by atoms with Crippen molar-refractivity contribution in [3.8, 4) is 0 Å². The van der Waals surface area contributed by atoms with Gasteiger partial charge in [-0.2, -0.15) is 0 Å². The minimum atomic E-state index is 0.159. The van der Waals surface area contributed by atoms with E-state index in [1.165, 1.54) is 0 Å². The van der Waals surface area contributed by atoms with E-state index in [-0.39, 0.29) is 11.3 Å². The first-order valence-electron chi connectivity index (χ1n) is 8.10. The molecule has 1 saturated heterocycles. The van der Waals surface area contributed by atoms with Crippen LogP contribution in [0.3, 0.4) is 0 Å². The van der Waals surface area contributed by atoms with Gasteiger partial charge in [0.25, 0.3) is 0 Å². The van der Waals surface area contributed by atoms with Crippen molar-refractivity contribution in [2.24, 2.45) is 11.3 Å². The zero-order valence-electron chi connectivity index (χ0n) is 13.4. The van der Waals surface area contributed by atoms with E-state index in [1.54, 1.807) is 7.11 Å². The van der Waals surface area contributed by atoms with Crippen molar-refractivity contribution in [1.82, 2.24) is 10.2 Å². The Hall–Kier alpha value is -0.610. The highest BCUT2D eigenvalue weighted by molar-refractivity contribution is 5.79. The van der Waals surface area contributed by atoms with Crippen LogP contribution in [0.5, 0.6) is 0 Å². The van der Waals surface area contributed by atoms with Gasteiger partial charge in [-0.25, -0.2) is 0 Å². The van der Waals surface area contributed by atoms with Gasteiger partial charge in [0.05, 0.1) is 6.10 Å². The molecule has 0 aromatic carbocycles. The highest BCUT2D eigenvalue weighted by Crippen LogP contribution is 2.51. The molecule has 1 aliphatic heterocycles. The molecule has 1 N–H and O–H groups in total. The van der Waals surface area contributed by atoms with E-state index in [0.717, 1.165) is 45.2 Å². The van der Waals surface area contributed by atoms with Crippen molar-refractivity contribution < 1.29 is 9.53 Å². The minimum Gasteiger partial charge on any atom is -0.381 e. The number of methoxy groups -OCH3 is 1. The molecule has 0 spiro atoms. The maximum atomic E-state index is 12.7. The first kappa shape index (κ1) is 15.8. The summed E-state index contributed by atoms with van der Waals surface area (Å²) in [4.78, 5) is 14.7. The Balaban J connectivity index is 2.04. The minimum absolute atomic E-state index is 0.159. The number of rotatable bonds is 5. The highest BCUT2D eigenvalue weighted by atomic mass is 16.5. The average Bonchev–Trinajstić information content (AvgIpc) is 2.48. The summed E-state index contributed by atoms with van der Waals surface area (Å²) in [6.45, 7) is 6.40. The molecule has 0 aromatic heterocycles. The number of ether oxygens (including phenoxy) is 1. The Morgan fingerprint density at radius 3 is 2.40 bits per heavy atom. The fourth-order valence-electron chi connectivity index (χ4n) is 4.29. The molecule has 1 saturated carbocycles. The number of carbonyl (C=O) groups is 1. The number of carbonyl (C=O) groups excluding carboxylic acids is 1. The van der Waals surface area contributed by atoms with Gasteiger partial charge in [-0.3, -0.25) is 4.79 Å². The summed E-state index contributed by atoms with van der Waals surface area (Å²) in [5.74, 6) is 0.562. The molecule has 116 valence electrons. The predicted molar refractivity (Wildman–Crippen MR) is 80.6 cm³/mol. The van der Waals surface area contributed by atoms with Gasteiger partial charge in [0, 0.05) is 31.5 Å². The quantitative estimate of drug-likeness (QED) is 0.839. The summed E-state index contributed by atoms with van der Waals surface area (Å²) in [5.41, 5.74) is 0.159. The molecule has 2 rings (SSSR count). The molecular formula is C16H30N2O2. The normalized spacial score (nSPS) is 29.8. The third-order valence-electron chi connectivity index (χ3n) is 5.85. The van der Waals surface area contributed by atoms with Crippen LogP contribution in [0.2, 0.25) is 0 Å². The van der Waals surface area contributed by atoms with E-state index in [0.29, 0.717) is 18.1 Å². The first-order chi connectivity index (χ1) is 9.60. The monoisotopic (exact) mass is 282 g/mol. The van der Waals surface area contributed by atoms with Crippen LogP contribution < -0.4 is 5.32 Å². The molecular weight excluding hydrogens is 252 g/mol. The maximum absolute atomic E-state index is 12.7. The smallest absolute Gasteiger partial charge is 0.225 e. The Labute approximate surface area is 123 Å². The lowest BCUT2D eigenvalue weighted by Gasteiger charge is -2.58. The van der Waals surface area contributed by atoms with Gasteiger partial charge in [-0.1, -0.05) is 13.8 Å². The molecule has 1 aliphatic carbocycles. The number of hydrogen-bond donors (Lipinski definition) is 1. The van der Waals surface area contributed by atoms with Crippen LogP contribution in [0.15, 0.2) is 0 Å². The fourth-order valence-corrected chi connectivity index (χ4v) is 4.29. The zero-order valence-corrected chi connectivity index (χ0v) is 13.4. The summed E-state index contributed by atoms with van der Waals surface area (Å²) in [5, 5.41) is 3.33. The molecule has 2 atom stereocenters. The van der Waals surface area contributed by atoms with Crippen LogP contribution in [0, 0.1) is 11.3 Å². The number of piperidine rings is 1. The van der Waals surface area contributed by atoms with Gasteiger partial charge in [0.1, 0.15) is 0 Å². The SMILES string of the molecule is CCC1(CC)C(OC)CC1N(C)C(=O)C1CCNCC1. The second-order valence-electron chi connectivity index (χ2n) is 6.39. The summed E-state index contributed by atoms with van der Waals surface area (Å²) in [6, 6.07) is 0.352. The van der Waals surface area contributed by atoms with Crippen molar-refractivity contribution in [3.05, 3.63) is 0 Å². The van der Waals surface area contributed by atoms with Gasteiger partial charge in [0.15, 0.2) is 0 Å². The zero-order chi connectivity index (χ0) is 14.8.